The van der Waals surface area contributed by atoms with E-state index in [-0.39, 0.29) is 0 Å². The van der Waals surface area contributed by atoms with Crippen LogP contribution in [0.4, 0.5) is 5.69 Å². The molecule has 0 spiro atoms. The Morgan fingerprint density at radius 3 is 2.89 bits per heavy atom. The van der Waals surface area contributed by atoms with Crippen LogP contribution in [-0.2, 0) is 16.4 Å². The normalized spacial score (nSPS) is 20.6. The van der Waals surface area contributed by atoms with Crippen molar-refractivity contribution in [1.82, 2.24) is 0 Å². The second-order valence-electron chi connectivity index (χ2n) is 4.53. The molecule has 2 rings (SSSR count). The van der Waals surface area contributed by atoms with E-state index in [1.807, 2.05) is 23.1 Å². The van der Waals surface area contributed by atoms with Gasteiger partial charge in [-0.15, -0.1) is 0 Å². The van der Waals surface area contributed by atoms with Crippen LogP contribution >= 0.6 is 27.7 Å². The molecule has 1 saturated heterocycles. The first-order valence-corrected chi connectivity index (χ1v) is 9.85. The molecule has 0 aromatic heterocycles. The molecule has 1 aromatic rings. The number of halogens is 1. The number of nitrogens with zero attached hydrogens (tertiary/aromatic N) is 1. The number of nitrogens with two attached hydrogens (primary N) is 1. The van der Waals surface area contributed by atoms with Gasteiger partial charge >= 0.3 is 0 Å². The standard InChI is InChI=1S/C12H17BrN2O2S2/c1-19(16,17)12-8-18-5-4-15(12)11-3-2-10(13)6-9(11)7-14/h2-3,6,12H,4-5,7-8,14H2,1H3. The summed E-state index contributed by atoms with van der Waals surface area (Å²) in [4.78, 5) is 1.97. The molecule has 1 unspecified atom stereocenters. The van der Waals surface area contributed by atoms with E-state index in [0.717, 1.165) is 28.0 Å². The molecule has 7 heteroatoms. The number of thioether (sulfide) groups is 1. The molecule has 4 nitrogen and oxygen atoms in total. The molecule has 1 aliphatic rings. The highest BCUT2D eigenvalue weighted by Crippen LogP contribution is 2.31. The summed E-state index contributed by atoms with van der Waals surface area (Å²) in [6.45, 7) is 1.13. The van der Waals surface area contributed by atoms with Crippen molar-refractivity contribution in [2.45, 2.75) is 11.9 Å². The van der Waals surface area contributed by atoms with E-state index >= 15 is 0 Å². The summed E-state index contributed by atoms with van der Waals surface area (Å²) in [5, 5.41) is -0.460. The zero-order valence-corrected chi connectivity index (χ0v) is 13.9. The van der Waals surface area contributed by atoms with Crippen LogP contribution in [-0.4, -0.2) is 38.1 Å². The maximum absolute atomic E-state index is 11.9. The van der Waals surface area contributed by atoms with Crippen molar-refractivity contribution in [2.24, 2.45) is 5.73 Å². The third kappa shape index (κ3) is 3.45. The SMILES string of the molecule is CS(=O)(=O)C1CSCCN1c1ccc(Br)cc1CN. The van der Waals surface area contributed by atoms with Gasteiger partial charge in [0.15, 0.2) is 9.84 Å². The lowest BCUT2D eigenvalue weighted by Crippen LogP contribution is -2.47. The fourth-order valence-electron chi connectivity index (χ4n) is 2.21. The molecule has 0 aliphatic carbocycles. The van der Waals surface area contributed by atoms with Crippen LogP contribution in [0.25, 0.3) is 0 Å². The molecule has 1 fully saturated rings. The van der Waals surface area contributed by atoms with Gasteiger partial charge in [0.05, 0.1) is 0 Å². The first kappa shape index (κ1) is 15.2. The monoisotopic (exact) mass is 364 g/mol. The Balaban J connectivity index is 2.43. The smallest absolute Gasteiger partial charge is 0.169 e. The van der Waals surface area contributed by atoms with Gasteiger partial charge in [0.25, 0.3) is 0 Å². The predicted octanol–water partition coefficient (Wildman–Crippen LogP) is 1.83. The average molecular weight is 365 g/mol. The summed E-state index contributed by atoms with van der Waals surface area (Å²) < 4.78 is 24.8. The number of hydrogen-bond acceptors (Lipinski definition) is 5. The van der Waals surface area contributed by atoms with E-state index in [0.29, 0.717) is 12.3 Å². The van der Waals surface area contributed by atoms with E-state index in [4.69, 9.17) is 5.73 Å². The Hall–Kier alpha value is -0.240. The second kappa shape index (κ2) is 6.03. The highest BCUT2D eigenvalue weighted by molar-refractivity contribution is 9.10. The molecule has 1 heterocycles. The van der Waals surface area contributed by atoms with Gasteiger partial charge in [0, 0.05) is 41.0 Å². The van der Waals surface area contributed by atoms with Gasteiger partial charge in [0.2, 0.25) is 0 Å². The number of rotatable bonds is 3. The van der Waals surface area contributed by atoms with Crippen molar-refractivity contribution in [1.29, 1.82) is 0 Å². The summed E-state index contributed by atoms with van der Waals surface area (Å²) >= 11 is 5.10. The highest BCUT2D eigenvalue weighted by Gasteiger charge is 2.32. The second-order valence-corrected chi connectivity index (χ2v) is 8.80. The minimum Gasteiger partial charge on any atom is -0.353 e. The first-order valence-electron chi connectivity index (χ1n) is 5.95. The Kier molecular flexibility index (Phi) is 4.81. The van der Waals surface area contributed by atoms with Crippen LogP contribution < -0.4 is 10.6 Å². The average Bonchev–Trinajstić information content (AvgIpc) is 2.37. The molecule has 0 bridgehead atoms. The van der Waals surface area contributed by atoms with Gasteiger partial charge in [-0.05, 0) is 23.8 Å². The summed E-state index contributed by atoms with van der Waals surface area (Å²) in [6, 6.07) is 5.83. The van der Waals surface area contributed by atoms with Crippen molar-refractivity contribution in [2.75, 3.05) is 29.2 Å². The van der Waals surface area contributed by atoms with Gasteiger partial charge in [-0.2, -0.15) is 11.8 Å². The van der Waals surface area contributed by atoms with E-state index < -0.39 is 15.2 Å². The number of sulfone groups is 1. The molecule has 1 atom stereocenters. The molecular weight excluding hydrogens is 348 g/mol. The van der Waals surface area contributed by atoms with Crippen molar-refractivity contribution in [3.8, 4) is 0 Å². The van der Waals surface area contributed by atoms with Crippen molar-refractivity contribution >= 4 is 43.2 Å². The topological polar surface area (TPSA) is 63.4 Å². The van der Waals surface area contributed by atoms with Crippen LogP contribution in [0.5, 0.6) is 0 Å². The molecular formula is C12H17BrN2O2S2. The molecule has 106 valence electrons. The Bertz CT molecular complexity index is 563. The number of anilines is 1. The maximum atomic E-state index is 11.9. The molecule has 1 aromatic carbocycles. The predicted molar refractivity (Wildman–Crippen MR) is 85.3 cm³/mol. The van der Waals surface area contributed by atoms with Gasteiger partial charge < -0.3 is 10.6 Å². The Morgan fingerprint density at radius 2 is 2.26 bits per heavy atom. The third-order valence-corrected chi connectivity index (χ3v) is 6.29. The Labute approximate surface area is 126 Å². The zero-order chi connectivity index (χ0) is 14.0. The largest absolute Gasteiger partial charge is 0.353 e. The quantitative estimate of drug-likeness (QED) is 0.886. The van der Waals surface area contributed by atoms with Gasteiger partial charge in [-0.25, -0.2) is 8.42 Å². The molecule has 19 heavy (non-hydrogen) atoms. The van der Waals surface area contributed by atoms with Crippen LogP contribution in [0.3, 0.4) is 0 Å². The third-order valence-electron chi connectivity index (χ3n) is 3.15. The highest BCUT2D eigenvalue weighted by atomic mass is 79.9. The van der Waals surface area contributed by atoms with E-state index in [1.165, 1.54) is 6.26 Å². The van der Waals surface area contributed by atoms with Crippen molar-refractivity contribution in [3.05, 3.63) is 28.2 Å². The lowest BCUT2D eigenvalue weighted by atomic mass is 10.1. The molecule has 0 saturated carbocycles. The lowest BCUT2D eigenvalue weighted by molar-refractivity contribution is 0.584. The van der Waals surface area contributed by atoms with Gasteiger partial charge in [0.1, 0.15) is 5.37 Å². The van der Waals surface area contributed by atoms with Crippen molar-refractivity contribution < 1.29 is 8.42 Å². The molecule has 1 aliphatic heterocycles. The van der Waals surface area contributed by atoms with Gasteiger partial charge in [-0.1, -0.05) is 15.9 Å². The van der Waals surface area contributed by atoms with Crippen LogP contribution in [0.15, 0.2) is 22.7 Å². The van der Waals surface area contributed by atoms with E-state index in [2.05, 4.69) is 15.9 Å². The maximum Gasteiger partial charge on any atom is 0.169 e. The van der Waals surface area contributed by atoms with E-state index in [1.54, 1.807) is 11.8 Å². The molecule has 2 N–H and O–H groups in total. The molecule has 0 radical (unpaired) electrons. The fraction of sp³-hybridized carbons (Fsp3) is 0.500. The number of hydrogen-bond donors (Lipinski definition) is 1. The molecule has 0 amide bonds. The first-order chi connectivity index (χ1) is 8.93. The minimum atomic E-state index is -3.11. The lowest BCUT2D eigenvalue weighted by Gasteiger charge is -2.37. The summed E-state index contributed by atoms with van der Waals surface area (Å²) in [5.74, 6) is 1.55. The fourth-order valence-corrected chi connectivity index (χ4v) is 5.45. The van der Waals surface area contributed by atoms with Crippen molar-refractivity contribution in [3.63, 3.8) is 0 Å². The number of benzene rings is 1. The van der Waals surface area contributed by atoms with Crippen LogP contribution in [0, 0.1) is 0 Å². The van der Waals surface area contributed by atoms with Crippen LogP contribution in [0.1, 0.15) is 5.56 Å². The summed E-state index contributed by atoms with van der Waals surface area (Å²) in [7, 11) is -3.11. The minimum absolute atomic E-state index is 0.398. The summed E-state index contributed by atoms with van der Waals surface area (Å²) in [6.07, 6.45) is 1.30. The summed E-state index contributed by atoms with van der Waals surface area (Å²) in [5.41, 5.74) is 7.68. The Morgan fingerprint density at radius 1 is 1.53 bits per heavy atom. The van der Waals surface area contributed by atoms with Crippen LogP contribution in [0.2, 0.25) is 0 Å². The zero-order valence-electron chi connectivity index (χ0n) is 10.7. The van der Waals surface area contributed by atoms with E-state index in [9.17, 15) is 8.42 Å². The van der Waals surface area contributed by atoms with Gasteiger partial charge in [-0.3, -0.25) is 0 Å².